The zero-order valence-corrected chi connectivity index (χ0v) is 19.8. The Morgan fingerprint density at radius 1 is 1.03 bits per heavy atom. The molecular formula is C22H31IN6O. The maximum atomic E-state index is 12.2. The fourth-order valence-corrected chi connectivity index (χ4v) is 3.31. The largest absolute Gasteiger partial charge is 0.357 e. The van der Waals surface area contributed by atoms with Crippen LogP contribution in [-0.2, 0) is 11.2 Å². The number of aliphatic imine (C=N–C) groups is 1. The van der Waals surface area contributed by atoms with Crippen molar-refractivity contribution >= 4 is 41.7 Å². The Balaban J connectivity index is 0.00000320. The Labute approximate surface area is 196 Å². The fourth-order valence-electron chi connectivity index (χ4n) is 3.31. The molecule has 30 heavy (non-hydrogen) atoms. The smallest absolute Gasteiger partial charge is 0.241 e. The highest BCUT2D eigenvalue weighted by Crippen LogP contribution is 2.12. The molecule has 2 heterocycles. The minimum Gasteiger partial charge on any atom is -0.357 e. The molecule has 1 aliphatic rings. The van der Waals surface area contributed by atoms with Gasteiger partial charge in [0.2, 0.25) is 5.91 Å². The number of nitrogens with one attached hydrogen (secondary N) is 2. The molecule has 0 unspecified atom stereocenters. The molecule has 0 spiro atoms. The quantitative estimate of drug-likeness (QED) is 0.332. The third-order valence-corrected chi connectivity index (χ3v) is 4.84. The molecular weight excluding hydrogens is 491 g/mol. The maximum Gasteiger partial charge on any atom is 0.241 e. The first kappa shape index (κ1) is 23.9. The Hall–Kier alpha value is -2.36. The second-order valence-corrected chi connectivity index (χ2v) is 6.92. The van der Waals surface area contributed by atoms with Crippen LogP contribution in [0.5, 0.6) is 0 Å². The van der Waals surface area contributed by atoms with Gasteiger partial charge in [0.05, 0.1) is 0 Å². The zero-order chi connectivity index (χ0) is 20.3. The summed E-state index contributed by atoms with van der Waals surface area (Å²) in [6.07, 6.45) is 2.65. The topological polar surface area (TPSA) is 72.9 Å². The fraction of sp³-hybridized carbons (Fsp3) is 0.409. The molecule has 2 N–H and O–H groups in total. The molecule has 3 rings (SSSR count). The first-order valence-electron chi connectivity index (χ1n) is 10.3. The predicted octanol–water partition coefficient (Wildman–Crippen LogP) is 2.15. The molecule has 0 aliphatic carbocycles. The number of anilines is 1. The van der Waals surface area contributed by atoms with Crippen molar-refractivity contribution in [1.82, 2.24) is 20.5 Å². The maximum absolute atomic E-state index is 12.2. The Kier molecular flexibility index (Phi) is 10.4. The lowest BCUT2D eigenvalue weighted by atomic mass is 10.1. The third kappa shape index (κ3) is 7.47. The van der Waals surface area contributed by atoms with Gasteiger partial charge < -0.3 is 20.4 Å². The molecule has 1 aromatic carbocycles. The molecule has 1 amide bonds. The van der Waals surface area contributed by atoms with Gasteiger partial charge >= 0.3 is 0 Å². The summed E-state index contributed by atoms with van der Waals surface area (Å²) in [7, 11) is 0. The lowest BCUT2D eigenvalue weighted by Gasteiger charge is -2.37. The molecule has 0 atom stereocenters. The standard InChI is InChI=1S/C22H30N6O.HI/c1-2-23-22(26-18-21(29)25-13-11-19-8-4-3-5-9-19)28-16-14-27(15-17-28)20-10-6-7-12-24-20;/h3-10,12H,2,11,13-18H2,1H3,(H,23,26)(H,25,29);1H. The van der Waals surface area contributed by atoms with Gasteiger partial charge in [-0.1, -0.05) is 36.4 Å². The normalized spacial score (nSPS) is 14.1. The van der Waals surface area contributed by atoms with Crippen LogP contribution in [-0.4, -0.2) is 67.6 Å². The van der Waals surface area contributed by atoms with Crippen molar-refractivity contribution in [3.63, 3.8) is 0 Å². The van der Waals surface area contributed by atoms with E-state index in [9.17, 15) is 4.79 Å². The van der Waals surface area contributed by atoms with Crippen molar-refractivity contribution in [3.05, 3.63) is 60.3 Å². The molecule has 1 aliphatic heterocycles. The summed E-state index contributed by atoms with van der Waals surface area (Å²) < 4.78 is 0. The molecule has 1 aromatic heterocycles. The highest BCUT2D eigenvalue weighted by atomic mass is 127. The summed E-state index contributed by atoms with van der Waals surface area (Å²) in [6, 6.07) is 16.1. The average Bonchev–Trinajstić information content (AvgIpc) is 2.78. The number of pyridine rings is 1. The summed E-state index contributed by atoms with van der Waals surface area (Å²) in [5.74, 6) is 1.75. The van der Waals surface area contributed by atoms with Gasteiger partial charge in [-0.3, -0.25) is 4.79 Å². The SMILES string of the molecule is CCNC(=NCC(=O)NCCc1ccccc1)N1CCN(c2ccccn2)CC1.I. The molecule has 0 saturated carbocycles. The molecule has 2 aromatic rings. The van der Waals surface area contributed by atoms with Crippen LogP contribution in [0.1, 0.15) is 12.5 Å². The van der Waals surface area contributed by atoms with Gasteiger partial charge in [0.25, 0.3) is 0 Å². The van der Waals surface area contributed by atoms with E-state index in [0.29, 0.717) is 6.54 Å². The summed E-state index contributed by atoms with van der Waals surface area (Å²) in [4.78, 5) is 25.6. The molecule has 0 radical (unpaired) electrons. The zero-order valence-electron chi connectivity index (χ0n) is 17.5. The van der Waals surface area contributed by atoms with Gasteiger partial charge in [-0.05, 0) is 31.0 Å². The Bertz CT molecular complexity index is 779. The number of nitrogens with zero attached hydrogens (tertiary/aromatic N) is 4. The second kappa shape index (κ2) is 13.0. The van der Waals surface area contributed by atoms with Crippen LogP contribution >= 0.6 is 24.0 Å². The Morgan fingerprint density at radius 2 is 1.77 bits per heavy atom. The molecule has 1 saturated heterocycles. The summed E-state index contributed by atoms with van der Waals surface area (Å²) in [5.41, 5.74) is 1.22. The highest BCUT2D eigenvalue weighted by Gasteiger charge is 2.20. The van der Waals surface area contributed by atoms with Crippen LogP contribution in [0.25, 0.3) is 0 Å². The van der Waals surface area contributed by atoms with E-state index in [1.807, 2.05) is 49.5 Å². The number of guanidine groups is 1. The lowest BCUT2D eigenvalue weighted by molar-refractivity contribution is -0.119. The van der Waals surface area contributed by atoms with Crippen LogP contribution in [0.4, 0.5) is 5.82 Å². The number of amides is 1. The van der Waals surface area contributed by atoms with Gasteiger partial charge in [-0.25, -0.2) is 9.98 Å². The van der Waals surface area contributed by atoms with Gasteiger partial charge in [-0.2, -0.15) is 0 Å². The van der Waals surface area contributed by atoms with Crippen LogP contribution in [0.2, 0.25) is 0 Å². The number of carbonyl (C=O) groups excluding carboxylic acids is 1. The number of hydrogen-bond acceptors (Lipinski definition) is 4. The predicted molar refractivity (Wildman–Crippen MR) is 133 cm³/mol. The summed E-state index contributed by atoms with van der Waals surface area (Å²) in [6.45, 7) is 7.02. The number of hydrogen-bond donors (Lipinski definition) is 2. The first-order valence-corrected chi connectivity index (χ1v) is 10.3. The van der Waals surface area contributed by atoms with Crippen molar-refractivity contribution in [2.75, 3.05) is 50.7 Å². The van der Waals surface area contributed by atoms with Crippen molar-refractivity contribution in [2.24, 2.45) is 4.99 Å². The summed E-state index contributed by atoms with van der Waals surface area (Å²) in [5, 5.41) is 6.26. The lowest BCUT2D eigenvalue weighted by Crippen LogP contribution is -2.53. The molecule has 1 fully saturated rings. The highest BCUT2D eigenvalue weighted by molar-refractivity contribution is 14.0. The average molecular weight is 522 g/mol. The van der Waals surface area contributed by atoms with Gasteiger partial charge in [0.15, 0.2) is 5.96 Å². The van der Waals surface area contributed by atoms with E-state index in [2.05, 4.69) is 42.5 Å². The van der Waals surface area contributed by atoms with E-state index in [0.717, 1.165) is 50.9 Å². The number of carbonyl (C=O) groups is 1. The van der Waals surface area contributed by atoms with Crippen molar-refractivity contribution in [3.8, 4) is 0 Å². The van der Waals surface area contributed by atoms with Crippen LogP contribution < -0.4 is 15.5 Å². The van der Waals surface area contributed by atoms with E-state index >= 15 is 0 Å². The molecule has 7 nitrogen and oxygen atoms in total. The van der Waals surface area contributed by atoms with E-state index in [1.54, 1.807) is 0 Å². The van der Waals surface area contributed by atoms with Crippen molar-refractivity contribution < 1.29 is 4.79 Å². The number of benzene rings is 1. The van der Waals surface area contributed by atoms with Crippen LogP contribution in [0.15, 0.2) is 59.7 Å². The number of piperazine rings is 1. The van der Waals surface area contributed by atoms with Crippen molar-refractivity contribution in [2.45, 2.75) is 13.3 Å². The molecule has 8 heteroatoms. The minimum absolute atomic E-state index is 0. The second-order valence-electron chi connectivity index (χ2n) is 6.92. The van der Waals surface area contributed by atoms with Gasteiger partial charge in [-0.15, -0.1) is 24.0 Å². The number of rotatable bonds is 7. The molecule has 0 bridgehead atoms. The van der Waals surface area contributed by atoms with E-state index in [1.165, 1.54) is 5.56 Å². The van der Waals surface area contributed by atoms with Gasteiger partial charge in [0.1, 0.15) is 12.4 Å². The number of halogens is 1. The molecule has 162 valence electrons. The van der Waals surface area contributed by atoms with E-state index < -0.39 is 0 Å². The Morgan fingerprint density at radius 3 is 2.43 bits per heavy atom. The van der Waals surface area contributed by atoms with E-state index in [-0.39, 0.29) is 36.4 Å². The van der Waals surface area contributed by atoms with Crippen LogP contribution in [0, 0.1) is 0 Å². The van der Waals surface area contributed by atoms with Crippen LogP contribution in [0.3, 0.4) is 0 Å². The van der Waals surface area contributed by atoms with Crippen molar-refractivity contribution in [1.29, 1.82) is 0 Å². The third-order valence-electron chi connectivity index (χ3n) is 4.84. The number of aromatic nitrogens is 1. The monoisotopic (exact) mass is 522 g/mol. The minimum atomic E-state index is -0.0524. The van der Waals surface area contributed by atoms with E-state index in [4.69, 9.17) is 0 Å². The first-order chi connectivity index (χ1) is 14.3. The van der Waals surface area contributed by atoms with Gasteiger partial charge in [0, 0.05) is 45.5 Å². The summed E-state index contributed by atoms with van der Waals surface area (Å²) >= 11 is 0.